The highest BCUT2D eigenvalue weighted by molar-refractivity contribution is 8.13. The summed E-state index contributed by atoms with van der Waals surface area (Å²) in [6.45, 7) is 5.58. The van der Waals surface area contributed by atoms with Crippen LogP contribution in [0.5, 0.6) is 0 Å². The minimum Gasteiger partial charge on any atom is -0.386 e. The number of ether oxygens (including phenoxy) is 2. The van der Waals surface area contributed by atoms with Gasteiger partial charge in [-0.15, -0.1) is 0 Å². The molecule has 2 fully saturated rings. The smallest absolute Gasteiger partial charge is 0.386 e. The van der Waals surface area contributed by atoms with Crippen LogP contribution in [0.3, 0.4) is 0 Å². The first kappa shape index (κ1) is 112. The van der Waals surface area contributed by atoms with Gasteiger partial charge in [-0.05, 0) is 12.8 Å². The van der Waals surface area contributed by atoms with E-state index in [0.29, 0.717) is 24.3 Å². The first-order valence-electron chi connectivity index (χ1n) is 41.2. The van der Waals surface area contributed by atoms with Gasteiger partial charge in [-0.1, -0.05) is 193 Å². The summed E-state index contributed by atoms with van der Waals surface area (Å²) in [7, 11) is -32.8. The van der Waals surface area contributed by atoms with Gasteiger partial charge in [0.1, 0.15) is 72.5 Å². The minimum absolute atomic E-state index is 0.0335. The molecule has 0 bridgehead atoms. The lowest BCUT2D eigenvalue weighted by Gasteiger charge is -2.30. The molecule has 0 radical (unpaired) electrons. The van der Waals surface area contributed by atoms with Gasteiger partial charge in [-0.25, -0.2) is 57.3 Å². The number of aliphatic hydroxyl groups excluding tert-OH is 4. The van der Waals surface area contributed by atoms with Gasteiger partial charge in [-0.3, -0.25) is 65.0 Å². The Morgan fingerprint density at radius 3 is 1.08 bits per heavy atom. The number of hydrogen-bond acceptors (Lipinski definition) is 36. The lowest BCUT2D eigenvalue weighted by Crippen LogP contribution is -2.46. The number of carbonyl (C=O) groups excluding carboxylic acids is 6. The van der Waals surface area contributed by atoms with E-state index in [4.69, 9.17) is 39.0 Å². The number of phosphoric acid groups is 6. The van der Waals surface area contributed by atoms with Gasteiger partial charge in [0.15, 0.2) is 45.6 Å². The summed E-state index contributed by atoms with van der Waals surface area (Å²) in [5.41, 5.74) is 8.57. The molecule has 48 nitrogen and oxygen atoms in total. The van der Waals surface area contributed by atoms with Crippen LogP contribution in [0.25, 0.3) is 22.3 Å². The number of thioether (sulfide) groups is 2. The van der Waals surface area contributed by atoms with Crippen LogP contribution in [-0.4, -0.2) is 245 Å². The van der Waals surface area contributed by atoms with E-state index in [1.807, 2.05) is 0 Å². The molecule has 6 heterocycles. The van der Waals surface area contributed by atoms with Crippen molar-refractivity contribution in [3.05, 3.63) is 25.3 Å². The Bertz CT molecular complexity index is 4120. The van der Waals surface area contributed by atoms with E-state index in [0.717, 1.165) is 96.5 Å². The molecule has 6 rings (SSSR count). The van der Waals surface area contributed by atoms with Crippen molar-refractivity contribution in [1.29, 1.82) is 0 Å². The third-order valence-electron chi connectivity index (χ3n) is 19.5. The van der Waals surface area contributed by atoms with E-state index in [1.165, 1.54) is 130 Å². The Kier molecular flexibility index (Phi) is 48.1. The second-order valence-electron chi connectivity index (χ2n) is 31.2. The van der Waals surface area contributed by atoms with Crippen LogP contribution >= 0.6 is 70.5 Å². The predicted octanol–water partition coefficient (Wildman–Crippen LogP) is 6.73. The summed E-state index contributed by atoms with van der Waals surface area (Å²) in [6, 6.07) is 0. The van der Waals surface area contributed by atoms with Crippen LogP contribution in [0.4, 0.5) is 11.6 Å². The lowest BCUT2D eigenvalue weighted by molar-refractivity contribution is -0.137. The first-order valence-corrected chi connectivity index (χ1v) is 52.2. The highest BCUT2D eigenvalue weighted by atomic mass is 32.2. The number of nitrogens with two attached hydrogens (primary N) is 2. The third kappa shape index (κ3) is 41.1. The zero-order valence-electron chi connectivity index (χ0n) is 71.1. The third-order valence-corrected chi connectivity index (χ3v) is 27.6. The number of nitrogens with zero attached hydrogens (tertiary/aromatic N) is 8. The maximum absolute atomic E-state index is 12.7. The molecule has 4 aromatic rings. The molecule has 0 aliphatic carbocycles. The molecular weight excluding hydrogens is 1830 g/mol. The fourth-order valence-corrected chi connectivity index (χ4v) is 19.7. The number of anilines is 2. The van der Waals surface area contributed by atoms with Crippen LogP contribution in [0.2, 0.25) is 0 Å². The Balaban J connectivity index is 0.000000447. The number of imidazole rings is 2. The van der Waals surface area contributed by atoms with Crippen LogP contribution in [-0.2, 0) is 101 Å². The monoisotopic (exact) mass is 1950 g/mol. The molecule has 0 aromatic carbocycles. The second kappa shape index (κ2) is 54.3. The fourth-order valence-electron chi connectivity index (χ4n) is 12.6. The van der Waals surface area contributed by atoms with Crippen molar-refractivity contribution < 1.29 is 161 Å². The van der Waals surface area contributed by atoms with Gasteiger partial charge in [0.2, 0.25) is 23.6 Å². The number of fused-ring (bicyclic) bond motifs is 2. The van der Waals surface area contributed by atoms with Crippen LogP contribution in [0.15, 0.2) is 25.3 Å². The summed E-state index contributed by atoms with van der Waals surface area (Å²) in [4.78, 5) is 176. The molecular formula is C70H124N14O34P6S2. The average molecular weight is 1960 g/mol. The topological polar surface area (TPSA) is 727 Å². The van der Waals surface area contributed by atoms with Crippen LogP contribution in [0.1, 0.15) is 221 Å². The van der Waals surface area contributed by atoms with E-state index in [2.05, 4.69) is 82.7 Å². The van der Waals surface area contributed by atoms with Gasteiger partial charge >= 0.3 is 46.9 Å². The largest absolute Gasteiger partial charge is 0.481 e. The Morgan fingerprint density at radius 1 is 0.452 bits per heavy atom. The average Bonchev–Trinajstić information content (AvgIpc) is 1.62. The zero-order valence-corrected chi connectivity index (χ0v) is 78.1. The number of aromatic nitrogens is 8. The van der Waals surface area contributed by atoms with Gasteiger partial charge in [0.25, 0.3) is 0 Å². The molecule has 126 heavy (non-hydrogen) atoms. The second-order valence-corrected chi connectivity index (χ2v) is 41.9. The molecule has 4 aromatic heterocycles. The van der Waals surface area contributed by atoms with Crippen molar-refractivity contribution in [2.24, 2.45) is 10.8 Å². The number of amides is 4. The Hall–Kier alpha value is -4.88. The summed E-state index contributed by atoms with van der Waals surface area (Å²) in [5.74, 6) is -2.04. The number of nitrogen functional groups attached to an aromatic ring is 2. The van der Waals surface area contributed by atoms with Gasteiger partial charge < -0.3 is 102 Å². The number of nitrogens with one attached hydrogen (secondary N) is 4. The van der Waals surface area contributed by atoms with Crippen LogP contribution < -0.4 is 32.7 Å². The SMILES string of the molecule is CCCCCCCCCCCCCC(=O)SCCNC(=O)CCNC(=O)[C@H](O)C(C)(C)COP(=O)(O)OP(=O)(O)OC[C@H]1O[C@@H](n2cnc3c(N)ncnc32)[C@H](O)[C@@H]1OP(=O)(O)O.CCCCCCCCCCCCCC(=O)SCCNC(=O)CCNC(=O)[C@H](O)C(C)(C)COP(=O)(O)OP(=O)(O)OC[C@H]1O[C@@H](n2cnc3c(N)ncnc32)[C@H](O)[C@@H]1OP(=O)(O)O. The van der Waals surface area contributed by atoms with Crippen LogP contribution in [0, 0.1) is 10.8 Å². The highest BCUT2D eigenvalue weighted by Gasteiger charge is 2.53. The minimum atomic E-state index is -5.57. The fraction of sp³-hybridized carbons (Fsp3) is 0.771. The van der Waals surface area contributed by atoms with E-state index < -0.39 is 169 Å². The van der Waals surface area contributed by atoms with Crippen molar-refractivity contribution in [2.45, 2.75) is 270 Å². The van der Waals surface area contributed by atoms with Crippen molar-refractivity contribution in [3.63, 3.8) is 0 Å². The summed E-state index contributed by atoms with van der Waals surface area (Å²) in [6.07, 6.45) is 13.5. The number of hydrogen-bond donors (Lipinski definition) is 18. The van der Waals surface area contributed by atoms with Crippen molar-refractivity contribution in [3.8, 4) is 0 Å². The summed E-state index contributed by atoms with van der Waals surface area (Å²) >= 11 is 2.30. The maximum atomic E-state index is 12.7. The molecule has 0 saturated carbocycles. The van der Waals surface area contributed by atoms with Crippen molar-refractivity contribution >= 4 is 138 Å². The number of unbranched alkanes of at least 4 members (excludes halogenated alkanes) is 20. The maximum Gasteiger partial charge on any atom is 0.481 e. The van der Waals surface area contributed by atoms with Gasteiger partial charge in [0.05, 0.1) is 39.1 Å². The molecule has 4 unspecified atom stereocenters. The Labute approximate surface area is 737 Å². The van der Waals surface area contributed by atoms with Crippen molar-refractivity contribution in [2.75, 3.05) is 75.6 Å². The molecule has 4 amide bonds. The van der Waals surface area contributed by atoms with Gasteiger partial charge in [0, 0.05) is 74.2 Å². The number of phosphoric ester groups is 6. The molecule has 14 atom stereocenters. The number of rotatable bonds is 62. The lowest BCUT2D eigenvalue weighted by atomic mass is 9.87. The van der Waals surface area contributed by atoms with Crippen molar-refractivity contribution in [1.82, 2.24) is 60.3 Å². The molecule has 720 valence electrons. The molecule has 56 heteroatoms. The molecule has 2 saturated heterocycles. The van der Waals surface area contributed by atoms with E-state index in [9.17, 15) is 116 Å². The molecule has 0 spiro atoms. The normalized spacial score (nSPS) is 20.6. The molecule has 2 aliphatic heterocycles. The Morgan fingerprint density at radius 2 is 0.762 bits per heavy atom. The number of carbonyl (C=O) groups is 6. The zero-order chi connectivity index (χ0) is 93.7. The van der Waals surface area contributed by atoms with E-state index in [-0.39, 0.29) is 83.2 Å². The summed E-state index contributed by atoms with van der Waals surface area (Å²) in [5, 5.41) is 53.2. The molecule has 2 aliphatic rings. The van der Waals surface area contributed by atoms with E-state index in [1.54, 1.807) is 0 Å². The first-order chi connectivity index (χ1) is 59.1. The van der Waals surface area contributed by atoms with Gasteiger partial charge in [-0.2, -0.15) is 8.62 Å². The summed E-state index contributed by atoms with van der Waals surface area (Å²) < 4.78 is 125. The number of aliphatic hydroxyl groups is 4. The predicted molar refractivity (Wildman–Crippen MR) is 456 cm³/mol. The van der Waals surface area contributed by atoms with E-state index >= 15 is 0 Å². The quantitative estimate of drug-likeness (QED) is 0.0161. The highest BCUT2D eigenvalue weighted by Crippen LogP contribution is 2.63. The standard InChI is InChI=1S/2C35H62N7O17P3S/c2*1-4-5-6-7-8-9-10-11-12-13-14-15-26(44)63-19-18-37-25(43)16-17-38-33(47)30(46)35(2,3)21-56-62(53,54)59-61(51,52)55-20-24-29(58-60(48,49)50)28(45)34(57-24)42-23-41-27-31(36)39-22-40-32(27)42/h2*22-24,28-30,34,45-46H,4-21H2,1-3H3,(H,37,43)(H,38,47)(H,51,52)(H,53,54)(H2,36,39,40)(H2,48,49,50)/t2*24-,28-,29-,30+,34-/m11/s1. The molecule has 20 N–H and O–H groups in total.